The molecule has 0 heterocycles. The fourth-order valence-electron chi connectivity index (χ4n) is 1.97. The zero-order valence-electron chi connectivity index (χ0n) is 9.24. The molecule has 82 valence electrons. The summed E-state index contributed by atoms with van der Waals surface area (Å²) in [6, 6.07) is 9.13. The summed E-state index contributed by atoms with van der Waals surface area (Å²) in [5.41, 5.74) is 2.60. The van der Waals surface area contributed by atoms with Crippen LogP contribution in [0.3, 0.4) is 0 Å². The summed E-state index contributed by atoms with van der Waals surface area (Å²) < 4.78 is 0. The first-order chi connectivity index (χ1) is 7.35. The van der Waals surface area contributed by atoms with Gasteiger partial charge in [0.25, 0.3) is 0 Å². The summed E-state index contributed by atoms with van der Waals surface area (Å²) in [5.74, 6) is 0. The van der Waals surface area contributed by atoms with Gasteiger partial charge in [-0.15, -0.1) is 0 Å². The van der Waals surface area contributed by atoms with E-state index in [4.69, 9.17) is 0 Å². The van der Waals surface area contributed by atoms with Crippen molar-refractivity contribution in [3.05, 3.63) is 35.4 Å². The molecule has 2 nitrogen and oxygen atoms in total. The van der Waals surface area contributed by atoms with Crippen molar-refractivity contribution < 1.29 is 5.11 Å². The van der Waals surface area contributed by atoms with Gasteiger partial charge in [-0.2, -0.15) is 0 Å². The largest absolute Gasteiger partial charge is 0.394 e. The van der Waals surface area contributed by atoms with Crippen LogP contribution >= 0.6 is 0 Å². The van der Waals surface area contributed by atoms with Gasteiger partial charge in [-0.25, -0.2) is 0 Å². The first-order valence-electron chi connectivity index (χ1n) is 5.80. The number of rotatable bonds is 5. The Morgan fingerprint density at radius 1 is 1.40 bits per heavy atom. The van der Waals surface area contributed by atoms with Crippen molar-refractivity contribution in [2.75, 3.05) is 6.61 Å². The molecule has 1 unspecified atom stereocenters. The fourth-order valence-corrected chi connectivity index (χ4v) is 1.97. The van der Waals surface area contributed by atoms with Gasteiger partial charge in [0.1, 0.15) is 0 Å². The third-order valence-electron chi connectivity index (χ3n) is 3.01. The summed E-state index contributed by atoms with van der Waals surface area (Å²) in [5, 5.41) is 12.9. The smallest absolute Gasteiger partial charge is 0.0626 e. The van der Waals surface area contributed by atoms with Crippen molar-refractivity contribution in [2.24, 2.45) is 0 Å². The zero-order chi connectivity index (χ0) is 10.7. The number of aryl methyl sites for hydroxylation is 1. The van der Waals surface area contributed by atoms with Crippen LogP contribution in [0.2, 0.25) is 0 Å². The Kier molecular flexibility index (Phi) is 3.39. The average Bonchev–Trinajstić information content (AvgIpc) is 3.10. The first kappa shape index (κ1) is 10.7. The fraction of sp³-hybridized carbons (Fsp3) is 0.538. The Morgan fingerprint density at radius 2 is 2.13 bits per heavy atom. The lowest BCUT2D eigenvalue weighted by Gasteiger charge is -2.19. The second-order valence-corrected chi connectivity index (χ2v) is 4.23. The van der Waals surface area contributed by atoms with Gasteiger partial charge in [-0.05, 0) is 30.4 Å². The molecule has 1 aromatic carbocycles. The van der Waals surface area contributed by atoms with Gasteiger partial charge in [-0.3, -0.25) is 0 Å². The van der Waals surface area contributed by atoms with Crippen LogP contribution in [0.5, 0.6) is 0 Å². The number of hydrogen-bond donors (Lipinski definition) is 2. The predicted molar refractivity (Wildman–Crippen MR) is 61.8 cm³/mol. The maximum Gasteiger partial charge on any atom is 0.0626 e. The second kappa shape index (κ2) is 4.77. The SMILES string of the molecule is CCc1ccccc1C(CO)NC1CC1. The van der Waals surface area contributed by atoms with Gasteiger partial charge in [-0.1, -0.05) is 31.2 Å². The van der Waals surface area contributed by atoms with Crippen LogP contribution in [-0.4, -0.2) is 17.8 Å². The normalized spacial score (nSPS) is 17.7. The highest BCUT2D eigenvalue weighted by Crippen LogP contribution is 2.25. The van der Waals surface area contributed by atoms with Crippen LogP contribution in [0.4, 0.5) is 0 Å². The second-order valence-electron chi connectivity index (χ2n) is 4.23. The molecule has 2 N–H and O–H groups in total. The van der Waals surface area contributed by atoms with E-state index in [0.29, 0.717) is 6.04 Å². The minimum absolute atomic E-state index is 0.119. The number of aliphatic hydroxyl groups is 1. The van der Waals surface area contributed by atoms with E-state index in [2.05, 4.69) is 30.4 Å². The maximum atomic E-state index is 9.41. The quantitative estimate of drug-likeness (QED) is 0.771. The van der Waals surface area contributed by atoms with Crippen molar-refractivity contribution in [2.45, 2.75) is 38.3 Å². The van der Waals surface area contributed by atoms with Crippen molar-refractivity contribution in [1.29, 1.82) is 0 Å². The molecule has 15 heavy (non-hydrogen) atoms. The number of benzene rings is 1. The molecule has 1 fully saturated rings. The Bertz CT molecular complexity index is 320. The molecule has 2 rings (SSSR count). The Morgan fingerprint density at radius 3 is 2.73 bits per heavy atom. The van der Waals surface area contributed by atoms with Crippen LogP contribution < -0.4 is 5.32 Å². The summed E-state index contributed by atoms with van der Waals surface area (Å²) >= 11 is 0. The summed E-state index contributed by atoms with van der Waals surface area (Å²) in [6.45, 7) is 2.35. The summed E-state index contributed by atoms with van der Waals surface area (Å²) in [7, 11) is 0. The standard InChI is InChI=1S/C13H19NO/c1-2-10-5-3-4-6-12(10)13(9-15)14-11-7-8-11/h3-6,11,13-15H,2,7-9H2,1H3. The molecule has 1 aromatic rings. The minimum Gasteiger partial charge on any atom is -0.394 e. The van der Waals surface area contributed by atoms with Gasteiger partial charge in [0.2, 0.25) is 0 Å². The molecule has 0 spiro atoms. The third kappa shape index (κ3) is 2.58. The maximum absolute atomic E-state index is 9.41. The van der Waals surface area contributed by atoms with Gasteiger partial charge in [0.05, 0.1) is 12.6 Å². The summed E-state index contributed by atoms with van der Waals surface area (Å²) in [4.78, 5) is 0. The highest BCUT2D eigenvalue weighted by molar-refractivity contribution is 5.30. The van der Waals surface area contributed by atoms with Crippen LogP contribution in [0.25, 0.3) is 0 Å². The first-order valence-corrected chi connectivity index (χ1v) is 5.80. The van der Waals surface area contributed by atoms with E-state index in [9.17, 15) is 5.11 Å². The Hall–Kier alpha value is -0.860. The molecule has 0 aromatic heterocycles. The number of hydrogen-bond acceptors (Lipinski definition) is 2. The molecule has 2 heteroatoms. The van der Waals surface area contributed by atoms with E-state index < -0.39 is 0 Å². The van der Waals surface area contributed by atoms with Gasteiger partial charge >= 0.3 is 0 Å². The van der Waals surface area contributed by atoms with E-state index >= 15 is 0 Å². The van der Waals surface area contributed by atoms with Crippen LogP contribution in [0.1, 0.15) is 36.9 Å². The van der Waals surface area contributed by atoms with Crippen LogP contribution in [0.15, 0.2) is 24.3 Å². The van der Waals surface area contributed by atoms with Crippen molar-refractivity contribution >= 4 is 0 Å². The molecule has 0 bridgehead atoms. The van der Waals surface area contributed by atoms with E-state index in [1.807, 2.05) is 6.07 Å². The van der Waals surface area contributed by atoms with Crippen LogP contribution in [0, 0.1) is 0 Å². The molecule has 0 saturated heterocycles. The molecule has 0 radical (unpaired) electrons. The zero-order valence-corrected chi connectivity index (χ0v) is 9.24. The van der Waals surface area contributed by atoms with E-state index in [1.165, 1.54) is 24.0 Å². The molecular formula is C13H19NO. The van der Waals surface area contributed by atoms with Crippen molar-refractivity contribution in [1.82, 2.24) is 5.32 Å². The molecule has 1 aliphatic carbocycles. The van der Waals surface area contributed by atoms with Crippen molar-refractivity contribution in [3.63, 3.8) is 0 Å². The van der Waals surface area contributed by atoms with Gasteiger partial charge < -0.3 is 10.4 Å². The van der Waals surface area contributed by atoms with E-state index in [0.717, 1.165) is 6.42 Å². The predicted octanol–water partition coefficient (Wildman–Crippen LogP) is 2.03. The number of nitrogens with one attached hydrogen (secondary N) is 1. The number of aliphatic hydroxyl groups excluding tert-OH is 1. The molecular weight excluding hydrogens is 186 g/mol. The Labute approximate surface area is 91.3 Å². The molecule has 1 saturated carbocycles. The third-order valence-corrected chi connectivity index (χ3v) is 3.01. The molecule has 0 amide bonds. The molecule has 0 aliphatic heterocycles. The lowest BCUT2D eigenvalue weighted by Crippen LogP contribution is -2.27. The monoisotopic (exact) mass is 205 g/mol. The minimum atomic E-state index is 0.119. The average molecular weight is 205 g/mol. The Balaban J connectivity index is 2.15. The highest BCUT2D eigenvalue weighted by atomic mass is 16.3. The molecule has 1 atom stereocenters. The molecule has 1 aliphatic rings. The van der Waals surface area contributed by atoms with E-state index in [-0.39, 0.29) is 12.6 Å². The van der Waals surface area contributed by atoms with Gasteiger partial charge in [0, 0.05) is 6.04 Å². The lowest BCUT2D eigenvalue weighted by molar-refractivity contribution is 0.243. The van der Waals surface area contributed by atoms with Crippen molar-refractivity contribution in [3.8, 4) is 0 Å². The highest BCUT2D eigenvalue weighted by Gasteiger charge is 2.25. The summed E-state index contributed by atoms with van der Waals surface area (Å²) in [6.07, 6.45) is 3.54. The topological polar surface area (TPSA) is 32.3 Å². The van der Waals surface area contributed by atoms with Crippen LogP contribution in [-0.2, 0) is 6.42 Å². The van der Waals surface area contributed by atoms with Gasteiger partial charge in [0.15, 0.2) is 0 Å². The van der Waals surface area contributed by atoms with E-state index in [1.54, 1.807) is 0 Å². The lowest BCUT2D eigenvalue weighted by atomic mass is 9.99.